The summed E-state index contributed by atoms with van der Waals surface area (Å²) in [6, 6.07) is 13.0. The minimum Gasteiger partial charge on any atom is -0.359 e. The highest BCUT2D eigenvalue weighted by Crippen LogP contribution is 2.20. The maximum absolute atomic E-state index is 13.2. The van der Waals surface area contributed by atoms with Gasteiger partial charge < -0.3 is 10.6 Å². The number of nitrogens with zero attached hydrogens (tertiary/aromatic N) is 2. The van der Waals surface area contributed by atoms with Crippen molar-refractivity contribution >= 4 is 17.5 Å². The summed E-state index contributed by atoms with van der Waals surface area (Å²) in [5.41, 5.74) is 3.87. The Morgan fingerprint density at radius 3 is 2.29 bits per heavy atom. The second kappa shape index (κ2) is 8.04. The average molecular weight is 380 g/mol. The second-order valence-corrected chi connectivity index (χ2v) is 6.44. The summed E-state index contributed by atoms with van der Waals surface area (Å²) in [5, 5.41) is 9.85. The van der Waals surface area contributed by atoms with Crippen LogP contribution in [-0.2, 0) is 11.2 Å². The first-order chi connectivity index (χ1) is 13.4. The lowest BCUT2D eigenvalue weighted by atomic mass is 10.1. The van der Waals surface area contributed by atoms with Gasteiger partial charge in [-0.3, -0.25) is 9.59 Å². The fourth-order valence-electron chi connectivity index (χ4n) is 2.98. The molecular weight excluding hydrogens is 359 g/mol. The minimum atomic E-state index is -0.330. The zero-order chi connectivity index (χ0) is 20.3. The zero-order valence-corrected chi connectivity index (χ0v) is 15.9. The molecule has 0 radical (unpaired) electrons. The van der Waals surface area contributed by atoms with E-state index in [-0.39, 0.29) is 24.1 Å². The Morgan fingerprint density at radius 2 is 1.68 bits per heavy atom. The average Bonchev–Trinajstić information content (AvgIpc) is 2.98. The third-order valence-electron chi connectivity index (χ3n) is 4.44. The fraction of sp³-hybridized carbons (Fsp3) is 0.190. The predicted molar refractivity (Wildman–Crippen MR) is 105 cm³/mol. The molecule has 0 spiro atoms. The molecule has 1 heterocycles. The van der Waals surface area contributed by atoms with Crippen molar-refractivity contribution in [2.24, 2.45) is 0 Å². The van der Waals surface area contributed by atoms with Crippen LogP contribution >= 0.6 is 0 Å². The molecule has 2 N–H and O–H groups in total. The van der Waals surface area contributed by atoms with Crippen molar-refractivity contribution in [3.8, 4) is 5.69 Å². The van der Waals surface area contributed by atoms with Crippen LogP contribution in [0.4, 0.5) is 10.1 Å². The van der Waals surface area contributed by atoms with Crippen LogP contribution in [0.25, 0.3) is 5.69 Å². The molecule has 3 aromatic rings. The van der Waals surface area contributed by atoms with Gasteiger partial charge in [-0.2, -0.15) is 5.10 Å². The van der Waals surface area contributed by atoms with Crippen molar-refractivity contribution in [1.29, 1.82) is 0 Å². The van der Waals surface area contributed by atoms with Crippen LogP contribution < -0.4 is 10.6 Å². The highest BCUT2D eigenvalue weighted by molar-refractivity contribution is 6.06. The molecule has 6 nitrogen and oxygen atoms in total. The molecule has 0 atom stereocenters. The molecule has 1 aromatic heterocycles. The maximum Gasteiger partial charge on any atom is 0.259 e. The molecule has 2 amide bonds. The number of aryl methyl sites for hydroxylation is 1. The summed E-state index contributed by atoms with van der Waals surface area (Å²) in [6.45, 7) is 3.55. The molecule has 7 heteroatoms. The largest absolute Gasteiger partial charge is 0.359 e. The van der Waals surface area contributed by atoms with Gasteiger partial charge in [-0.1, -0.05) is 12.1 Å². The van der Waals surface area contributed by atoms with Gasteiger partial charge in [0, 0.05) is 12.7 Å². The van der Waals surface area contributed by atoms with E-state index in [1.807, 2.05) is 0 Å². The van der Waals surface area contributed by atoms with E-state index in [1.54, 1.807) is 62.0 Å². The SMILES string of the molecule is CNC(=O)Cc1ccc(NC(=O)c2c(C)nn(-c3ccc(F)cc3)c2C)cc1. The minimum absolute atomic E-state index is 0.0729. The third kappa shape index (κ3) is 4.09. The molecule has 0 aliphatic carbocycles. The first kappa shape index (κ1) is 19.3. The number of likely N-dealkylation sites (N-methyl/N-ethyl adjacent to an activating group) is 1. The summed E-state index contributed by atoms with van der Waals surface area (Å²) in [7, 11) is 1.59. The number of aromatic nitrogens is 2. The van der Waals surface area contributed by atoms with Crippen molar-refractivity contribution in [3.05, 3.63) is 76.9 Å². The summed E-state index contributed by atoms with van der Waals surface area (Å²) in [5.74, 6) is -0.679. The Labute approximate surface area is 162 Å². The van der Waals surface area contributed by atoms with Crippen LogP contribution in [0.15, 0.2) is 48.5 Å². The van der Waals surface area contributed by atoms with Crippen molar-refractivity contribution in [2.75, 3.05) is 12.4 Å². The highest BCUT2D eigenvalue weighted by atomic mass is 19.1. The molecule has 28 heavy (non-hydrogen) atoms. The topological polar surface area (TPSA) is 76.0 Å². The van der Waals surface area contributed by atoms with Gasteiger partial charge in [0.1, 0.15) is 5.82 Å². The number of hydrogen-bond acceptors (Lipinski definition) is 3. The molecule has 0 fully saturated rings. The lowest BCUT2D eigenvalue weighted by Gasteiger charge is -2.08. The molecule has 3 rings (SSSR count). The molecule has 0 saturated carbocycles. The summed E-state index contributed by atoms with van der Waals surface area (Å²) in [6.07, 6.45) is 0.285. The fourth-order valence-corrected chi connectivity index (χ4v) is 2.98. The number of hydrogen-bond donors (Lipinski definition) is 2. The molecule has 0 saturated heterocycles. The molecule has 2 aromatic carbocycles. The Hall–Kier alpha value is -3.48. The Morgan fingerprint density at radius 1 is 1.04 bits per heavy atom. The number of benzene rings is 2. The summed E-state index contributed by atoms with van der Waals surface area (Å²) in [4.78, 5) is 24.2. The van der Waals surface area contributed by atoms with Crippen LogP contribution in [0, 0.1) is 19.7 Å². The molecule has 0 aliphatic rings. The first-order valence-corrected chi connectivity index (χ1v) is 8.82. The van der Waals surface area contributed by atoms with Gasteiger partial charge in [0.05, 0.1) is 29.1 Å². The predicted octanol–water partition coefficient (Wildman–Crippen LogP) is 3.17. The lowest BCUT2D eigenvalue weighted by molar-refractivity contribution is -0.119. The van der Waals surface area contributed by atoms with Gasteiger partial charge in [0.25, 0.3) is 5.91 Å². The van der Waals surface area contributed by atoms with Gasteiger partial charge in [-0.25, -0.2) is 9.07 Å². The van der Waals surface area contributed by atoms with Crippen LogP contribution in [0.3, 0.4) is 0 Å². The van der Waals surface area contributed by atoms with Gasteiger partial charge in [0.15, 0.2) is 0 Å². The summed E-state index contributed by atoms with van der Waals surface area (Å²) >= 11 is 0. The zero-order valence-electron chi connectivity index (χ0n) is 15.9. The van der Waals surface area contributed by atoms with Gasteiger partial charge >= 0.3 is 0 Å². The van der Waals surface area contributed by atoms with E-state index in [0.717, 1.165) is 5.56 Å². The molecule has 144 valence electrons. The van der Waals surface area contributed by atoms with E-state index in [0.29, 0.717) is 28.3 Å². The number of nitrogens with one attached hydrogen (secondary N) is 2. The van der Waals surface area contributed by atoms with Crippen LogP contribution in [0.1, 0.15) is 27.3 Å². The third-order valence-corrected chi connectivity index (χ3v) is 4.44. The number of carbonyl (C=O) groups excluding carboxylic acids is 2. The van der Waals surface area contributed by atoms with Crippen molar-refractivity contribution < 1.29 is 14.0 Å². The van der Waals surface area contributed by atoms with Gasteiger partial charge in [-0.15, -0.1) is 0 Å². The van der Waals surface area contributed by atoms with E-state index < -0.39 is 0 Å². The monoisotopic (exact) mass is 380 g/mol. The molecule has 0 unspecified atom stereocenters. The molecule has 0 bridgehead atoms. The number of amides is 2. The van der Waals surface area contributed by atoms with Gasteiger partial charge in [0.2, 0.25) is 5.91 Å². The van der Waals surface area contributed by atoms with Crippen molar-refractivity contribution in [3.63, 3.8) is 0 Å². The Balaban J connectivity index is 1.79. The Bertz CT molecular complexity index is 1010. The molecular formula is C21H21FN4O2. The van der Waals surface area contributed by atoms with Crippen molar-refractivity contribution in [1.82, 2.24) is 15.1 Å². The highest BCUT2D eigenvalue weighted by Gasteiger charge is 2.19. The van der Waals surface area contributed by atoms with Gasteiger partial charge in [-0.05, 0) is 55.8 Å². The number of anilines is 1. The van der Waals surface area contributed by atoms with E-state index in [9.17, 15) is 14.0 Å². The number of halogens is 1. The van der Waals surface area contributed by atoms with E-state index in [1.165, 1.54) is 12.1 Å². The Kier molecular flexibility index (Phi) is 5.54. The molecule has 0 aliphatic heterocycles. The normalized spacial score (nSPS) is 10.6. The van der Waals surface area contributed by atoms with Crippen LogP contribution in [0.5, 0.6) is 0 Å². The van der Waals surface area contributed by atoms with Crippen molar-refractivity contribution in [2.45, 2.75) is 20.3 Å². The van der Waals surface area contributed by atoms with E-state index in [4.69, 9.17) is 0 Å². The smallest absolute Gasteiger partial charge is 0.259 e. The quantitative estimate of drug-likeness (QED) is 0.714. The first-order valence-electron chi connectivity index (χ1n) is 8.82. The maximum atomic E-state index is 13.2. The number of rotatable bonds is 5. The standard InChI is InChI=1S/C21H21FN4O2/c1-13-20(14(2)26(25-13)18-10-6-16(22)7-11-18)21(28)24-17-8-4-15(5-9-17)12-19(27)23-3/h4-11H,12H2,1-3H3,(H,23,27)(H,24,28). The lowest BCUT2D eigenvalue weighted by Crippen LogP contribution is -2.20. The second-order valence-electron chi connectivity index (χ2n) is 6.44. The van der Waals surface area contributed by atoms with E-state index in [2.05, 4.69) is 15.7 Å². The van der Waals surface area contributed by atoms with Crippen LogP contribution in [-0.4, -0.2) is 28.6 Å². The number of carbonyl (C=O) groups is 2. The summed E-state index contributed by atoms with van der Waals surface area (Å²) < 4.78 is 14.8. The van der Waals surface area contributed by atoms with Crippen LogP contribution in [0.2, 0.25) is 0 Å². The van der Waals surface area contributed by atoms with E-state index >= 15 is 0 Å².